The number of carbonyl (C=O) groups is 1. The Labute approximate surface area is 227 Å². The van der Waals surface area contributed by atoms with Crippen LogP contribution in [-0.2, 0) is 4.79 Å². The average molecular weight is 507 g/mol. The smallest absolute Gasteiger partial charge is 0.309 e. The fraction of sp³-hybridized carbons (Fsp3) is 0.912. The Bertz CT molecular complexity index is 484. The van der Waals surface area contributed by atoms with Crippen molar-refractivity contribution in [3.05, 3.63) is 12.2 Å². The molecule has 0 rings (SSSR count). The van der Waals surface area contributed by atoms with Gasteiger partial charge in [-0.15, -0.1) is 0 Å². The first-order chi connectivity index (χ1) is 17.6. The predicted octanol–water partition coefficient (Wildman–Crippen LogP) is 12.2. The summed E-state index contributed by atoms with van der Waals surface area (Å²) in [5.74, 6) is -0.514. The van der Waals surface area contributed by atoms with E-state index in [1.165, 1.54) is 135 Å². The van der Waals surface area contributed by atoms with Crippen molar-refractivity contribution < 1.29 is 9.90 Å². The zero-order valence-electron chi connectivity index (χ0n) is 25.1. The zero-order valence-corrected chi connectivity index (χ0v) is 25.1. The van der Waals surface area contributed by atoms with Gasteiger partial charge in [0, 0.05) is 0 Å². The van der Waals surface area contributed by atoms with Crippen molar-refractivity contribution in [1.29, 1.82) is 0 Å². The maximum atomic E-state index is 12.5. The molecule has 2 nitrogen and oxygen atoms in total. The number of rotatable bonds is 29. The fourth-order valence-electron chi connectivity index (χ4n) is 5.54. The number of carboxylic acids is 1. The van der Waals surface area contributed by atoms with Gasteiger partial charge >= 0.3 is 5.97 Å². The summed E-state index contributed by atoms with van der Waals surface area (Å²) in [6.45, 7) is 6.77. The van der Waals surface area contributed by atoms with Crippen molar-refractivity contribution in [3.8, 4) is 0 Å². The van der Waals surface area contributed by atoms with E-state index in [0.717, 1.165) is 38.5 Å². The van der Waals surface area contributed by atoms with E-state index in [1.54, 1.807) is 0 Å². The Morgan fingerprint density at radius 2 is 0.750 bits per heavy atom. The van der Waals surface area contributed by atoms with Gasteiger partial charge in [-0.3, -0.25) is 4.79 Å². The van der Waals surface area contributed by atoms with Crippen LogP contribution in [0, 0.1) is 5.41 Å². The molecule has 1 unspecified atom stereocenters. The van der Waals surface area contributed by atoms with E-state index in [4.69, 9.17) is 0 Å². The highest BCUT2D eigenvalue weighted by Crippen LogP contribution is 2.38. The summed E-state index contributed by atoms with van der Waals surface area (Å²) in [6.07, 6.45) is 37.9. The monoisotopic (exact) mass is 507 g/mol. The van der Waals surface area contributed by atoms with Gasteiger partial charge in [0.1, 0.15) is 0 Å². The van der Waals surface area contributed by atoms with Gasteiger partial charge in [0.2, 0.25) is 0 Å². The van der Waals surface area contributed by atoms with Gasteiger partial charge in [-0.05, 0) is 44.9 Å². The van der Waals surface area contributed by atoms with Crippen LogP contribution >= 0.6 is 0 Å². The molecule has 0 radical (unpaired) electrons. The van der Waals surface area contributed by atoms with Gasteiger partial charge in [-0.1, -0.05) is 161 Å². The Hall–Kier alpha value is -0.790. The van der Waals surface area contributed by atoms with Crippen LogP contribution in [0.4, 0.5) is 0 Å². The lowest BCUT2D eigenvalue weighted by Gasteiger charge is -2.30. The van der Waals surface area contributed by atoms with Gasteiger partial charge in [-0.25, -0.2) is 0 Å². The molecular formula is C34H66O2. The Kier molecular flexibility index (Phi) is 26.7. The summed E-state index contributed by atoms with van der Waals surface area (Å²) < 4.78 is 0. The highest BCUT2D eigenvalue weighted by Gasteiger charge is 2.36. The van der Waals surface area contributed by atoms with Crippen molar-refractivity contribution in [1.82, 2.24) is 0 Å². The summed E-state index contributed by atoms with van der Waals surface area (Å²) in [4.78, 5) is 12.5. The predicted molar refractivity (Wildman–Crippen MR) is 161 cm³/mol. The summed E-state index contributed by atoms with van der Waals surface area (Å²) in [5, 5.41) is 10.3. The van der Waals surface area contributed by atoms with Crippen molar-refractivity contribution in [3.63, 3.8) is 0 Å². The molecule has 0 aromatic carbocycles. The number of aliphatic carboxylic acids is 1. The molecule has 36 heavy (non-hydrogen) atoms. The third-order valence-corrected chi connectivity index (χ3v) is 8.14. The Morgan fingerprint density at radius 3 is 1.08 bits per heavy atom. The van der Waals surface area contributed by atoms with E-state index in [0.29, 0.717) is 0 Å². The van der Waals surface area contributed by atoms with Crippen LogP contribution in [0.2, 0.25) is 0 Å². The molecule has 0 bridgehead atoms. The third kappa shape index (κ3) is 21.3. The lowest BCUT2D eigenvalue weighted by Crippen LogP contribution is -2.31. The molecule has 0 heterocycles. The normalized spacial score (nSPS) is 13.4. The van der Waals surface area contributed by atoms with Crippen LogP contribution in [-0.4, -0.2) is 11.1 Å². The highest BCUT2D eigenvalue weighted by molar-refractivity contribution is 5.74. The van der Waals surface area contributed by atoms with Crippen LogP contribution in [0.25, 0.3) is 0 Å². The summed E-state index contributed by atoms with van der Waals surface area (Å²) >= 11 is 0. The zero-order chi connectivity index (χ0) is 26.6. The summed E-state index contributed by atoms with van der Waals surface area (Å²) in [6, 6.07) is 0. The maximum absolute atomic E-state index is 12.5. The molecule has 0 saturated heterocycles. The second-order valence-electron chi connectivity index (χ2n) is 11.6. The lowest BCUT2D eigenvalue weighted by atomic mass is 9.74. The molecule has 2 heteroatoms. The molecule has 0 aliphatic carbocycles. The van der Waals surface area contributed by atoms with Crippen molar-refractivity contribution >= 4 is 5.97 Å². The highest BCUT2D eigenvalue weighted by atomic mass is 16.4. The van der Waals surface area contributed by atoms with E-state index < -0.39 is 11.4 Å². The van der Waals surface area contributed by atoms with E-state index in [1.807, 2.05) is 0 Å². The van der Waals surface area contributed by atoms with Crippen LogP contribution in [0.5, 0.6) is 0 Å². The van der Waals surface area contributed by atoms with E-state index in [2.05, 4.69) is 32.9 Å². The molecule has 214 valence electrons. The van der Waals surface area contributed by atoms with E-state index in [-0.39, 0.29) is 0 Å². The first-order valence-corrected chi connectivity index (χ1v) is 16.5. The van der Waals surface area contributed by atoms with Gasteiger partial charge < -0.3 is 5.11 Å². The Morgan fingerprint density at radius 1 is 0.472 bits per heavy atom. The standard InChI is InChI=1S/C34H66O2/c1-4-7-10-13-15-17-18-19-20-21-22-24-26-29-32-34(33(35)36,30-27-12-9-6-3)31-28-25-23-16-14-11-8-5-2/h19-20H,4-18,21-32H2,1-3H3,(H,35,36). The number of hydrogen-bond donors (Lipinski definition) is 1. The van der Waals surface area contributed by atoms with Gasteiger partial charge in [-0.2, -0.15) is 0 Å². The molecule has 0 aromatic heterocycles. The van der Waals surface area contributed by atoms with Crippen molar-refractivity contribution in [2.75, 3.05) is 0 Å². The van der Waals surface area contributed by atoms with Gasteiger partial charge in [0.05, 0.1) is 5.41 Å². The number of hydrogen-bond acceptors (Lipinski definition) is 1. The first-order valence-electron chi connectivity index (χ1n) is 16.5. The summed E-state index contributed by atoms with van der Waals surface area (Å²) in [7, 11) is 0. The van der Waals surface area contributed by atoms with E-state index >= 15 is 0 Å². The van der Waals surface area contributed by atoms with Crippen LogP contribution < -0.4 is 0 Å². The van der Waals surface area contributed by atoms with Crippen LogP contribution in [0.15, 0.2) is 12.2 Å². The molecular weight excluding hydrogens is 440 g/mol. The number of unbranched alkanes of at least 4 members (excludes halogenated alkanes) is 20. The van der Waals surface area contributed by atoms with Crippen LogP contribution in [0.3, 0.4) is 0 Å². The molecule has 0 aliphatic rings. The molecule has 1 N–H and O–H groups in total. The molecule has 0 amide bonds. The average Bonchev–Trinajstić information content (AvgIpc) is 2.87. The second kappa shape index (κ2) is 27.3. The maximum Gasteiger partial charge on any atom is 0.309 e. The molecule has 0 aliphatic heterocycles. The Balaban J connectivity index is 4.21. The van der Waals surface area contributed by atoms with Crippen molar-refractivity contribution in [2.24, 2.45) is 5.41 Å². The number of carboxylic acid groups (broad SMARTS) is 1. The van der Waals surface area contributed by atoms with Gasteiger partial charge in [0.15, 0.2) is 0 Å². The van der Waals surface area contributed by atoms with Crippen LogP contribution in [0.1, 0.15) is 194 Å². The minimum Gasteiger partial charge on any atom is -0.481 e. The second-order valence-corrected chi connectivity index (χ2v) is 11.6. The first kappa shape index (κ1) is 35.2. The molecule has 1 atom stereocenters. The topological polar surface area (TPSA) is 37.3 Å². The van der Waals surface area contributed by atoms with Crippen molar-refractivity contribution in [2.45, 2.75) is 194 Å². The lowest BCUT2D eigenvalue weighted by molar-refractivity contribution is -0.150. The molecule has 0 fully saturated rings. The minimum atomic E-state index is -0.514. The molecule has 0 spiro atoms. The fourth-order valence-corrected chi connectivity index (χ4v) is 5.54. The largest absolute Gasteiger partial charge is 0.481 e. The van der Waals surface area contributed by atoms with E-state index in [9.17, 15) is 9.90 Å². The minimum absolute atomic E-state index is 0.465. The number of allylic oxidation sites excluding steroid dienone is 2. The summed E-state index contributed by atoms with van der Waals surface area (Å²) in [5.41, 5.74) is -0.465. The quantitative estimate of drug-likeness (QED) is 0.0808. The third-order valence-electron chi connectivity index (χ3n) is 8.14. The molecule has 0 aromatic rings. The molecule has 0 saturated carbocycles. The van der Waals surface area contributed by atoms with Gasteiger partial charge in [0.25, 0.3) is 0 Å². The SMILES string of the molecule is CCCCCCCCC=CCCCCCCC(CCCCCC)(CCCCCCCCCC)C(=O)O.